The monoisotopic (exact) mass is 399 g/mol. The van der Waals surface area contributed by atoms with Crippen molar-refractivity contribution < 1.29 is 8.78 Å². The van der Waals surface area contributed by atoms with Crippen LogP contribution < -0.4 is 0 Å². The molecule has 0 aromatic heterocycles. The predicted octanol–water partition coefficient (Wildman–Crippen LogP) is 7.38. The van der Waals surface area contributed by atoms with E-state index in [4.69, 9.17) is 0 Å². The molecule has 0 amide bonds. The van der Waals surface area contributed by atoms with Gasteiger partial charge in [0.1, 0.15) is 5.69 Å². The zero-order valence-corrected chi connectivity index (χ0v) is 17.3. The van der Waals surface area contributed by atoms with E-state index >= 15 is 0 Å². The number of nitrogens with zero attached hydrogens (tertiary/aromatic N) is 1. The van der Waals surface area contributed by atoms with Crippen LogP contribution in [0, 0.1) is 41.2 Å². The van der Waals surface area contributed by atoms with Gasteiger partial charge in [0.15, 0.2) is 11.6 Å². The standard InChI is InChI=1S/C24H27F2NS/c1-2-3-17-6-10-20(11-7-17)21-12-8-18(9-13-21)4-5-19-14-22(25)24(27-16-28)23(26)15-19/h8,14-15,17,20-21H,2-3,6-7,9-13H2,1H3. The minimum absolute atomic E-state index is 0.315. The molecule has 148 valence electrons. The maximum absolute atomic E-state index is 13.9. The summed E-state index contributed by atoms with van der Waals surface area (Å²) < 4.78 is 27.8. The van der Waals surface area contributed by atoms with Crippen molar-refractivity contribution >= 4 is 23.1 Å². The Morgan fingerprint density at radius 3 is 2.32 bits per heavy atom. The number of aliphatic imine (C=N–C) groups is 1. The minimum atomic E-state index is -0.766. The molecule has 0 spiro atoms. The number of halogens is 2. The predicted molar refractivity (Wildman–Crippen MR) is 114 cm³/mol. The highest BCUT2D eigenvalue weighted by atomic mass is 32.1. The van der Waals surface area contributed by atoms with Gasteiger partial charge < -0.3 is 0 Å². The first-order valence-corrected chi connectivity index (χ1v) is 10.8. The SMILES string of the molecule is CCCC1CCC(C2CC=C(C#Cc3cc(F)c(N=C=S)c(F)c3)CC2)CC1. The van der Waals surface area contributed by atoms with Gasteiger partial charge in [-0.1, -0.05) is 50.5 Å². The van der Waals surface area contributed by atoms with Crippen molar-refractivity contribution in [1.29, 1.82) is 0 Å². The molecular weight excluding hydrogens is 372 g/mol. The molecule has 0 bridgehead atoms. The normalized spacial score (nSPS) is 24.5. The number of hydrogen-bond donors (Lipinski definition) is 0. The largest absolute Gasteiger partial charge is 0.204 e. The number of thiocarbonyl (C=S) groups is 1. The molecular formula is C24H27F2NS. The van der Waals surface area contributed by atoms with Crippen LogP contribution in [0.3, 0.4) is 0 Å². The van der Waals surface area contributed by atoms with Crippen LogP contribution in [0.1, 0.15) is 70.3 Å². The Morgan fingerprint density at radius 1 is 1.04 bits per heavy atom. The van der Waals surface area contributed by atoms with Crippen molar-refractivity contribution in [1.82, 2.24) is 0 Å². The van der Waals surface area contributed by atoms with Crippen LogP contribution in [0.5, 0.6) is 0 Å². The van der Waals surface area contributed by atoms with Crippen LogP contribution in [-0.2, 0) is 0 Å². The van der Waals surface area contributed by atoms with Crippen molar-refractivity contribution in [3.05, 3.63) is 41.0 Å². The third kappa shape index (κ3) is 5.37. The fraction of sp³-hybridized carbons (Fsp3) is 0.542. The zero-order chi connectivity index (χ0) is 19.9. The van der Waals surface area contributed by atoms with E-state index in [0.29, 0.717) is 5.56 Å². The van der Waals surface area contributed by atoms with Crippen LogP contribution in [0.4, 0.5) is 14.5 Å². The Balaban J connectivity index is 1.59. The second-order valence-corrected chi connectivity index (χ2v) is 8.26. The molecule has 0 radical (unpaired) electrons. The van der Waals surface area contributed by atoms with E-state index in [1.807, 2.05) is 5.16 Å². The van der Waals surface area contributed by atoms with E-state index in [2.05, 4.69) is 42.1 Å². The summed E-state index contributed by atoms with van der Waals surface area (Å²) >= 11 is 4.41. The molecule has 3 rings (SSSR count). The highest BCUT2D eigenvalue weighted by Gasteiger charge is 2.28. The number of hydrogen-bond acceptors (Lipinski definition) is 2. The lowest BCUT2D eigenvalue weighted by Crippen LogP contribution is -2.23. The van der Waals surface area contributed by atoms with Gasteiger partial charge in [-0.25, -0.2) is 8.78 Å². The van der Waals surface area contributed by atoms with Crippen molar-refractivity contribution in [2.75, 3.05) is 0 Å². The smallest absolute Gasteiger partial charge is 0.153 e. The summed E-state index contributed by atoms with van der Waals surface area (Å²) in [6.07, 6.45) is 13.7. The highest BCUT2D eigenvalue weighted by molar-refractivity contribution is 7.78. The zero-order valence-electron chi connectivity index (χ0n) is 16.4. The first-order valence-electron chi connectivity index (χ1n) is 10.4. The van der Waals surface area contributed by atoms with E-state index in [9.17, 15) is 8.78 Å². The third-order valence-corrected chi connectivity index (χ3v) is 6.34. The molecule has 4 heteroatoms. The first kappa shape index (κ1) is 20.9. The van der Waals surface area contributed by atoms with E-state index in [1.165, 1.54) is 57.1 Å². The molecule has 1 atom stereocenters. The summed E-state index contributed by atoms with van der Waals surface area (Å²) in [6.45, 7) is 2.28. The average Bonchev–Trinajstić information content (AvgIpc) is 2.70. The molecule has 0 aliphatic heterocycles. The molecule has 1 saturated carbocycles. The Hall–Kier alpha value is -1.82. The minimum Gasteiger partial charge on any atom is -0.204 e. The summed E-state index contributed by atoms with van der Waals surface area (Å²) in [5.41, 5.74) is 0.988. The summed E-state index contributed by atoms with van der Waals surface area (Å²) in [4.78, 5) is 3.42. The van der Waals surface area contributed by atoms with Crippen molar-refractivity contribution in [2.24, 2.45) is 22.7 Å². The summed E-state index contributed by atoms with van der Waals surface area (Å²) in [5.74, 6) is 7.04. The molecule has 1 fully saturated rings. The van der Waals surface area contributed by atoms with Crippen molar-refractivity contribution in [3.63, 3.8) is 0 Å². The van der Waals surface area contributed by atoms with Crippen molar-refractivity contribution in [2.45, 2.75) is 64.7 Å². The second kappa shape index (κ2) is 10.1. The van der Waals surface area contributed by atoms with Crippen LogP contribution >= 0.6 is 12.2 Å². The van der Waals surface area contributed by atoms with Crippen LogP contribution in [-0.4, -0.2) is 5.16 Å². The van der Waals surface area contributed by atoms with E-state index in [1.54, 1.807) is 0 Å². The lowest BCUT2D eigenvalue weighted by atomic mass is 9.71. The lowest BCUT2D eigenvalue weighted by molar-refractivity contribution is 0.187. The van der Waals surface area contributed by atoms with Gasteiger partial charge in [-0.3, -0.25) is 0 Å². The number of allylic oxidation sites excluding steroid dienone is 2. The van der Waals surface area contributed by atoms with E-state index < -0.39 is 17.3 Å². The van der Waals surface area contributed by atoms with Gasteiger partial charge in [-0.2, -0.15) is 4.99 Å². The van der Waals surface area contributed by atoms with Crippen molar-refractivity contribution in [3.8, 4) is 11.8 Å². The average molecular weight is 400 g/mol. The molecule has 1 unspecified atom stereocenters. The van der Waals surface area contributed by atoms with Gasteiger partial charge in [-0.05, 0) is 79.8 Å². The Kier molecular flexibility index (Phi) is 7.54. The fourth-order valence-corrected chi connectivity index (χ4v) is 4.79. The first-order chi connectivity index (χ1) is 13.6. The molecule has 0 heterocycles. The van der Waals surface area contributed by atoms with E-state index in [-0.39, 0.29) is 0 Å². The summed E-state index contributed by atoms with van der Waals surface area (Å²) in [7, 11) is 0. The Labute approximate surface area is 172 Å². The Morgan fingerprint density at radius 2 is 1.75 bits per heavy atom. The fourth-order valence-electron chi connectivity index (χ4n) is 4.70. The number of rotatable bonds is 4. The topological polar surface area (TPSA) is 12.4 Å². The second-order valence-electron chi connectivity index (χ2n) is 8.07. The van der Waals surface area contributed by atoms with Gasteiger partial charge >= 0.3 is 0 Å². The molecule has 28 heavy (non-hydrogen) atoms. The number of benzene rings is 1. The Bertz CT molecular complexity index is 811. The van der Waals surface area contributed by atoms with Crippen LogP contribution in [0.15, 0.2) is 28.8 Å². The molecule has 1 nitrogen and oxygen atoms in total. The quantitative estimate of drug-likeness (QED) is 0.292. The molecule has 0 N–H and O–H groups in total. The van der Waals surface area contributed by atoms with E-state index in [0.717, 1.165) is 36.2 Å². The molecule has 1 aromatic carbocycles. The highest BCUT2D eigenvalue weighted by Crippen LogP contribution is 2.40. The lowest BCUT2D eigenvalue weighted by Gasteiger charge is -2.35. The van der Waals surface area contributed by atoms with Gasteiger partial charge in [0.05, 0.1) is 5.16 Å². The molecule has 2 aliphatic carbocycles. The van der Waals surface area contributed by atoms with Crippen LogP contribution in [0.25, 0.3) is 0 Å². The maximum atomic E-state index is 13.9. The van der Waals surface area contributed by atoms with Gasteiger partial charge in [0.2, 0.25) is 0 Å². The van der Waals surface area contributed by atoms with Gasteiger partial charge in [-0.15, -0.1) is 0 Å². The summed E-state index contributed by atoms with van der Waals surface area (Å²) in [6, 6.07) is 2.39. The number of isothiocyanates is 1. The molecule has 2 aliphatic rings. The maximum Gasteiger partial charge on any atom is 0.153 e. The summed E-state index contributed by atoms with van der Waals surface area (Å²) in [5, 5.41) is 1.99. The van der Waals surface area contributed by atoms with Gasteiger partial charge in [0, 0.05) is 5.56 Å². The van der Waals surface area contributed by atoms with Gasteiger partial charge in [0.25, 0.3) is 0 Å². The molecule has 1 aromatic rings. The third-order valence-electron chi connectivity index (χ3n) is 6.25. The van der Waals surface area contributed by atoms with Crippen LogP contribution in [0.2, 0.25) is 0 Å². The molecule has 0 saturated heterocycles.